The van der Waals surface area contributed by atoms with Crippen LogP contribution in [0.2, 0.25) is 0 Å². The summed E-state index contributed by atoms with van der Waals surface area (Å²) < 4.78 is 43.1. The Morgan fingerprint density at radius 2 is 1.18 bits per heavy atom. The van der Waals surface area contributed by atoms with E-state index in [1.54, 1.807) is 0 Å². The summed E-state index contributed by atoms with van der Waals surface area (Å²) in [4.78, 5) is 0. The van der Waals surface area contributed by atoms with Crippen LogP contribution >= 0.6 is 0 Å². The second-order valence-corrected chi connectivity index (χ2v) is 7.29. The smallest absolute Gasteiger partial charge is 0.173 e. The van der Waals surface area contributed by atoms with Gasteiger partial charge in [0.1, 0.15) is 0 Å². The van der Waals surface area contributed by atoms with E-state index >= 15 is 0 Å². The standard InChI is InChI=1S/C4H10NO4S2/c1-10(6,7)5(3-4-5)11(2,8)9/h3-4H2,1-2H3/q+1. The first-order valence-corrected chi connectivity index (χ1v) is 6.68. The van der Waals surface area contributed by atoms with Gasteiger partial charge < -0.3 is 0 Å². The van der Waals surface area contributed by atoms with E-state index in [0.717, 1.165) is 12.5 Å². The average Bonchev–Trinajstić information content (AvgIpc) is 2.31. The van der Waals surface area contributed by atoms with Crippen molar-refractivity contribution in [3.63, 3.8) is 0 Å². The highest BCUT2D eigenvalue weighted by Crippen LogP contribution is 2.31. The molecule has 0 aliphatic carbocycles. The lowest BCUT2D eigenvalue weighted by atomic mass is 11.0. The lowest BCUT2D eigenvalue weighted by molar-refractivity contribution is -0.504. The van der Waals surface area contributed by atoms with Gasteiger partial charge in [-0.1, -0.05) is 0 Å². The summed E-state index contributed by atoms with van der Waals surface area (Å²) in [5.41, 5.74) is 0. The molecule has 0 N–H and O–H groups in total. The first-order chi connectivity index (χ1) is 4.71. The van der Waals surface area contributed by atoms with Gasteiger partial charge in [0, 0.05) is 0 Å². The van der Waals surface area contributed by atoms with Gasteiger partial charge in [0.2, 0.25) is 0 Å². The van der Waals surface area contributed by atoms with Crippen LogP contribution in [0.5, 0.6) is 0 Å². The molecule has 1 aliphatic rings. The quantitative estimate of drug-likeness (QED) is 0.412. The van der Waals surface area contributed by atoms with E-state index in [0.29, 0.717) is 0 Å². The van der Waals surface area contributed by atoms with E-state index in [1.165, 1.54) is 0 Å². The van der Waals surface area contributed by atoms with Crippen molar-refractivity contribution in [3.8, 4) is 0 Å². The molecule has 0 unspecified atom stereocenters. The van der Waals surface area contributed by atoms with Gasteiger partial charge in [-0.15, -0.1) is 3.29 Å². The molecule has 0 atom stereocenters. The Kier molecular flexibility index (Phi) is 1.60. The molecule has 0 saturated carbocycles. The molecule has 1 heterocycles. The zero-order chi connectivity index (χ0) is 8.91. The number of quaternary nitrogens is 1. The summed E-state index contributed by atoms with van der Waals surface area (Å²) >= 11 is 0. The van der Waals surface area contributed by atoms with Crippen molar-refractivity contribution in [2.24, 2.45) is 0 Å². The third-order valence-electron chi connectivity index (χ3n) is 1.80. The molecule has 1 saturated heterocycles. The first kappa shape index (κ1) is 8.95. The van der Waals surface area contributed by atoms with Gasteiger partial charge in [-0.3, -0.25) is 0 Å². The van der Waals surface area contributed by atoms with Crippen LogP contribution in [0.15, 0.2) is 0 Å². The Bertz CT molecular complexity index is 327. The summed E-state index contributed by atoms with van der Waals surface area (Å²) in [6, 6.07) is 0. The fraction of sp³-hybridized carbons (Fsp3) is 1.00. The van der Waals surface area contributed by atoms with Gasteiger partial charge >= 0.3 is 20.0 Å². The van der Waals surface area contributed by atoms with Crippen molar-refractivity contribution in [1.29, 1.82) is 0 Å². The molecule has 11 heavy (non-hydrogen) atoms. The maximum absolute atomic E-state index is 11.0. The van der Waals surface area contributed by atoms with Crippen LogP contribution in [0.1, 0.15) is 0 Å². The summed E-state index contributed by atoms with van der Waals surface area (Å²) in [6.45, 7) is 0.384. The minimum absolute atomic E-state index is 0.192. The van der Waals surface area contributed by atoms with Crippen molar-refractivity contribution in [2.75, 3.05) is 25.6 Å². The Labute approximate surface area is 66.3 Å². The summed E-state index contributed by atoms with van der Waals surface area (Å²) in [5.74, 6) is 0. The summed E-state index contributed by atoms with van der Waals surface area (Å²) in [7, 11) is -7.00. The predicted octanol–water partition coefficient (Wildman–Crippen LogP) is -1.26. The van der Waals surface area contributed by atoms with Gasteiger partial charge in [0.05, 0.1) is 12.5 Å². The van der Waals surface area contributed by atoms with E-state index < -0.39 is 23.3 Å². The average molecular weight is 200 g/mol. The Morgan fingerprint density at radius 3 is 1.18 bits per heavy atom. The van der Waals surface area contributed by atoms with E-state index in [1.807, 2.05) is 0 Å². The van der Waals surface area contributed by atoms with E-state index in [2.05, 4.69) is 0 Å². The molecule has 1 rings (SSSR count). The maximum Gasteiger partial charge on any atom is 0.308 e. The van der Waals surface area contributed by atoms with E-state index in [9.17, 15) is 16.8 Å². The molecule has 66 valence electrons. The second-order valence-electron chi connectivity index (χ2n) is 2.73. The number of rotatable bonds is 2. The van der Waals surface area contributed by atoms with Crippen LogP contribution in [-0.2, 0) is 20.0 Å². The number of hydrogen-bond donors (Lipinski definition) is 0. The lowest BCUT2D eigenvalue weighted by Gasteiger charge is -2.10. The lowest BCUT2D eigenvalue weighted by Crippen LogP contribution is -2.37. The van der Waals surface area contributed by atoms with E-state index in [4.69, 9.17) is 0 Å². The molecule has 1 aliphatic heterocycles. The van der Waals surface area contributed by atoms with Gasteiger partial charge in [-0.05, 0) is 0 Å². The van der Waals surface area contributed by atoms with Crippen LogP contribution in [0.4, 0.5) is 0 Å². The minimum Gasteiger partial charge on any atom is -0.173 e. The van der Waals surface area contributed by atoms with Crippen LogP contribution < -0.4 is 0 Å². The second kappa shape index (κ2) is 1.96. The highest BCUT2D eigenvalue weighted by molar-refractivity contribution is 7.97. The van der Waals surface area contributed by atoms with Gasteiger partial charge in [0.15, 0.2) is 13.1 Å². The van der Waals surface area contributed by atoms with Crippen LogP contribution in [0.25, 0.3) is 0 Å². The SMILES string of the molecule is CS(=O)(=O)[N+]1(S(C)(=O)=O)CC1. The van der Waals surface area contributed by atoms with Crippen molar-refractivity contribution in [2.45, 2.75) is 0 Å². The van der Waals surface area contributed by atoms with Crippen molar-refractivity contribution in [1.82, 2.24) is 0 Å². The summed E-state index contributed by atoms with van der Waals surface area (Å²) in [6.07, 6.45) is 1.89. The zero-order valence-corrected chi connectivity index (χ0v) is 7.94. The van der Waals surface area contributed by atoms with Gasteiger partial charge in [-0.2, -0.15) is 16.8 Å². The Morgan fingerprint density at radius 1 is 0.909 bits per heavy atom. The zero-order valence-electron chi connectivity index (χ0n) is 6.31. The normalized spacial score (nSPS) is 23.1. The van der Waals surface area contributed by atoms with Crippen molar-refractivity contribution >= 4 is 20.0 Å². The largest absolute Gasteiger partial charge is 0.308 e. The van der Waals surface area contributed by atoms with Crippen LogP contribution in [-0.4, -0.2) is 45.7 Å². The molecule has 0 amide bonds. The molecule has 5 nitrogen and oxygen atoms in total. The van der Waals surface area contributed by atoms with Gasteiger partial charge in [0.25, 0.3) is 0 Å². The third kappa shape index (κ3) is 1.17. The minimum atomic E-state index is -3.50. The molecule has 1 fully saturated rings. The van der Waals surface area contributed by atoms with Crippen molar-refractivity contribution < 1.29 is 20.1 Å². The number of sulfonamides is 2. The molecule has 0 radical (unpaired) electrons. The molecule has 0 aromatic rings. The predicted molar refractivity (Wildman–Crippen MR) is 39.7 cm³/mol. The molecule has 0 aromatic carbocycles. The van der Waals surface area contributed by atoms with Crippen molar-refractivity contribution in [3.05, 3.63) is 0 Å². The summed E-state index contributed by atoms with van der Waals surface area (Å²) in [5, 5.41) is 0. The fourth-order valence-electron chi connectivity index (χ4n) is 0.991. The molecule has 0 bridgehead atoms. The Balaban J connectivity index is 3.26. The molecule has 7 heteroatoms. The topological polar surface area (TPSA) is 68.3 Å². The highest BCUT2D eigenvalue weighted by atomic mass is 32.3. The van der Waals surface area contributed by atoms with Gasteiger partial charge in [-0.25, -0.2) is 0 Å². The molecule has 0 aromatic heterocycles. The van der Waals surface area contributed by atoms with E-state index in [-0.39, 0.29) is 13.1 Å². The first-order valence-electron chi connectivity index (χ1n) is 2.98. The third-order valence-corrected chi connectivity index (χ3v) is 6.57. The number of hydrogen-bond acceptors (Lipinski definition) is 4. The highest BCUT2D eigenvalue weighted by Gasteiger charge is 2.60. The maximum atomic E-state index is 11.0. The molecule has 0 spiro atoms. The molecular weight excluding hydrogens is 190 g/mol. The fourth-order valence-corrected chi connectivity index (χ4v) is 4.45. The van der Waals surface area contributed by atoms with Crippen LogP contribution in [0, 0.1) is 0 Å². The monoisotopic (exact) mass is 200 g/mol. The Hall–Kier alpha value is -0.140. The molecular formula is C4H10NO4S2+. The number of nitrogens with zero attached hydrogens (tertiary/aromatic N) is 1. The van der Waals surface area contributed by atoms with Crippen LogP contribution in [0.3, 0.4) is 0 Å².